The van der Waals surface area contributed by atoms with Crippen molar-refractivity contribution in [2.24, 2.45) is 0 Å². The number of hydrogen-bond acceptors (Lipinski definition) is 5. The fourth-order valence-corrected chi connectivity index (χ4v) is 4.46. The number of esters is 1. The Morgan fingerprint density at radius 3 is 2.27 bits per heavy atom. The van der Waals surface area contributed by atoms with E-state index in [1.54, 1.807) is 0 Å². The third kappa shape index (κ3) is 3.71. The molecule has 2 aromatic rings. The highest BCUT2D eigenvalue weighted by molar-refractivity contribution is 7.93. The molecular weight excluding hydrogens is 425 g/mol. The van der Waals surface area contributed by atoms with Gasteiger partial charge in [0.1, 0.15) is 15.7 Å². The maximum atomic E-state index is 13.0. The molecule has 0 aliphatic carbocycles. The molecule has 0 unspecified atom stereocenters. The molecule has 6 nitrogen and oxygen atoms in total. The van der Waals surface area contributed by atoms with Gasteiger partial charge in [0.15, 0.2) is 0 Å². The molecular formula is C16H14Cl3NO5S. The lowest BCUT2D eigenvalue weighted by molar-refractivity contribution is 0.0601. The van der Waals surface area contributed by atoms with Gasteiger partial charge in [-0.2, -0.15) is 0 Å². The van der Waals surface area contributed by atoms with E-state index in [2.05, 4.69) is 4.74 Å². The number of nitrogens with zero attached hydrogens (tertiary/aromatic N) is 1. The standard InChI is InChI=1S/C16H14Cl3NO5S/c1-20(11-8-9(16(21)25-3)4-5-10(11)17)26(22,23)13-7-6-12(24-2)14(18)15(13)19/h4-8H,1-3H3. The molecule has 2 rings (SSSR count). The second kappa shape index (κ2) is 7.92. The Morgan fingerprint density at radius 2 is 1.69 bits per heavy atom. The number of benzene rings is 2. The molecule has 10 heteroatoms. The van der Waals surface area contributed by atoms with Crippen LogP contribution in [-0.4, -0.2) is 35.7 Å². The first-order valence-electron chi connectivity index (χ1n) is 7.04. The second-order valence-electron chi connectivity index (χ2n) is 5.02. The molecule has 0 aromatic heterocycles. The molecule has 0 fully saturated rings. The van der Waals surface area contributed by atoms with E-state index in [4.69, 9.17) is 39.5 Å². The number of carbonyl (C=O) groups is 1. The van der Waals surface area contributed by atoms with Gasteiger partial charge in [0.25, 0.3) is 10.0 Å². The maximum Gasteiger partial charge on any atom is 0.337 e. The van der Waals surface area contributed by atoms with E-state index in [1.807, 2.05) is 0 Å². The van der Waals surface area contributed by atoms with Crippen molar-refractivity contribution in [2.75, 3.05) is 25.6 Å². The lowest BCUT2D eigenvalue weighted by Gasteiger charge is -2.22. The highest BCUT2D eigenvalue weighted by Gasteiger charge is 2.28. The summed E-state index contributed by atoms with van der Waals surface area (Å²) in [6, 6.07) is 6.80. The van der Waals surface area contributed by atoms with E-state index in [-0.39, 0.29) is 37.0 Å². The Labute approximate surface area is 166 Å². The van der Waals surface area contributed by atoms with Crippen molar-refractivity contribution in [1.29, 1.82) is 0 Å². The summed E-state index contributed by atoms with van der Waals surface area (Å²) in [5, 5.41) is -0.0874. The number of anilines is 1. The molecule has 0 saturated heterocycles. The largest absolute Gasteiger partial charge is 0.495 e. The van der Waals surface area contributed by atoms with Crippen LogP contribution in [0, 0.1) is 0 Å². The Bertz CT molecular complexity index is 963. The number of halogens is 3. The summed E-state index contributed by atoms with van der Waals surface area (Å²) in [6.07, 6.45) is 0. The zero-order chi connectivity index (χ0) is 19.6. The van der Waals surface area contributed by atoms with Crippen molar-refractivity contribution in [2.45, 2.75) is 4.90 Å². The van der Waals surface area contributed by atoms with Crippen LogP contribution >= 0.6 is 34.8 Å². The Hall–Kier alpha value is -1.67. The zero-order valence-electron chi connectivity index (χ0n) is 13.9. The zero-order valence-corrected chi connectivity index (χ0v) is 17.0. The van der Waals surface area contributed by atoms with Gasteiger partial charge in [0, 0.05) is 7.05 Å². The van der Waals surface area contributed by atoms with Crippen molar-refractivity contribution in [3.8, 4) is 5.75 Å². The summed E-state index contributed by atoms with van der Waals surface area (Å²) in [4.78, 5) is 11.5. The van der Waals surface area contributed by atoms with E-state index < -0.39 is 16.0 Å². The van der Waals surface area contributed by atoms with Crippen LogP contribution in [0.15, 0.2) is 35.2 Å². The van der Waals surface area contributed by atoms with E-state index in [1.165, 1.54) is 51.6 Å². The summed E-state index contributed by atoms with van der Waals surface area (Å²) in [5.41, 5.74) is 0.227. The van der Waals surface area contributed by atoms with Crippen molar-refractivity contribution in [3.05, 3.63) is 51.0 Å². The molecule has 2 aromatic carbocycles. The average molecular weight is 439 g/mol. The van der Waals surface area contributed by atoms with Gasteiger partial charge in [0.05, 0.1) is 35.5 Å². The van der Waals surface area contributed by atoms with Crippen molar-refractivity contribution >= 4 is 56.5 Å². The normalized spacial score (nSPS) is 11.2. The maximum absolute atomic E-state index is 13.0. The second-order valence-corrected chi connectivity index (χ2v) is 8.13. The summed E-state index contributed by atoms with van der Waals surface area (Å²) < 4.78 is 36.5. The van der Waals surface area contributed by atoms with Gasteiger partial charge in [0.2, 0.25) is 0 Å². The fraction of sp³-hybridized carbons (Fsp3) is 0.188. The van der Waals surface area contributed by atoms with Crippen LogP contribution < -0.4 is 9.04 Å². The lowest BCUT2D eigenvalue weighted by Crippen LogP contribution is -2.27. The van der Waals surface area contributed by atoms with E-state index in [0.29, 0.717) is 0 Å². The van der Waals surface area contributed by atoms with E-state index in [9.17, 15) is 13.2 Å². The van der Waals surface area contributed by atoms with Gasteiger partial charge >= 0.3 is 5.97 Å². The van der Waals surface area contributed by atoms with Crippen LogP contribution in [-0.2, 0) is 14.8 Å². The molecule has 0 bridgehead atoms. The number of carbonyl (C=O) groups excluding carboxylic acids is 1. The van der Waals surface area contributed by atoms with E-state index in [0.717, 1.165) is 4.31 Å². The van der Waals surface area contributed by atoms with Crippen LogP contribution in [0.2, 0.25) is 15.1 Å². The van der Waals surface area contributed by atoms with Crippen molar-refractivity contribution in [1.82, 2.24) is 0 Å². The fourth-order valence-electron chi connectivity index (χ4n) is 2.15. The Morgan fingerprint density at radius 1 is 1.04 bits per heavy atom. The van der Waals surface area contributed by atoms with Gasteiger partial charge in [-0.1, -0.05) is 34.8 Å². The van der Waals surface area contributed by atoms with Crippen LogP contribution in [0.4, 0.5) is 5.69 Å². The monoisotopic (exact) mass is 437 g/mol. The lowest BCUT2D eigenvalue weighted by atomic mass is 10.2. The first-order chi connectivity index (χ1) is 12.1. The predicted octanol–water partition coefficient (Wildman–Crippen LogP) is 4.27. The highest BCUT2D eigenvalue weighted by atomic mass is 35.5. The third-order valence-electron chi connectivity index (χ3n) is 3.58. The summed E-state index contributed by atoms with van der Waals surface area (Å²) >= 11 is 18.3. The molecule has 0 aliphatic rings. The van der Waals surface area contributed by atoms with Gasteiger partial charge < -0.3 is 9.47 Å². The minimum absolute atomic E-state index is 0.0296. The quantitative estimate of drug-likeness (QED) is 0.652. The summed E-state index contributed by atoms with van der Waals surface area (Å²) in [6.45, 7) is 0. The van der Waals surface area contributed by atoms with Gasteiger partial charge in [-0.05, 0) is 30.3 Å². The number of sulfonamides is 1. The van der Waals surface area contributed by atoms with Crippen molar-refractivity contribution < 1.29 is 22.7 Å². The third-order valence-corrected chi connectivity index (χ3v) is 6.69. The predicted molar refractivity (Wildman–Crippen MR) is 101 cm³/mol. The number of hydrogen-bond donors (Lipinski definition) is 0. The van der Waals surface area contributed by atoms with Crippen LogP contribution in [0.5, 0.6) is 5.75 Å². The molecule has 0 N–H and O–H groups in total. The number of rotatable bonds is 5. The molecule has 140 valence electrons. The van der Waals surface area contributed by atoms with Crippen LogP contribution in [0.25, 0.3) is 0 Å². The minimum atomic E-state index is -4.12. The van der Waals surface area contributed by atoms with Gasteiger partial charge in [-0.15, -0.1) is 0 Å². The van der Waals surface area contributed by atoms with E-state index >= 15 is 0 Å². The topological polar surface area (TPSA) is 72.9 Å². The van der Waals surface area contributed by atoms with Crippen LogP contribution in [0.1, 0.15) is 10.4 Å². The first kappa shape index (κ1) is 20.6. The molecule has 0 heterocycles. The molecule has 0 radical (unpaired) electrons. The number of methoxy groups -OCH3 is 2. The molecule has 26 heavy (non-hydrogen) atoms. The molecule has 0 saturated carbocycles. The first-order valence-corrected chi connectivity index (χ1v) is 9.61. The van der Waals surface area contributed by atoms with Crippen molar-refractivity contribution in [3.63, 3.8) is 0 Å². The Balaban J connectivity index is 2.57. The summed E-state index contributed by atoms with van der Waals surface area (Å²) in [7, 11) is -0.230. The number of ether oxygens (including phenoxy) is 2. The smallest absolute Gasteiger partial charge is 0.337 e. The van der Waals surface area contributed by atoms with Gasteiger partial charge in [-0.3, -0.25) is 4.31 Å². The molecule has 0 atom stereocenters. The Kier molecular flexibility index (Phi) is 6.29. The van der Waals surface area contributed by atoms with Crippen LogP contribution in [0.3, 0.4) is 0 Å². The molecule has 0 spiro atoms. The molecule has 0 aliphatic heterocycles. The molecule has 0 amide bonds. The average Bonchev–Trinajstić information content (AvgIpc) is 2.62. The summed E-state index contributed by atoms with van der Waals surface area (Å²) in [5.74, 6) is -0.386. The highest BCUT2D eigenvalue weighted by Crippen LogP contribution is 2.39. The van der Waals surface area contributed by atoms with Gasteiger partial charge in [-0.25, -0.2) is 13.2 Å². The SMILES string of the molecule is COC(=O)c1ccc(Cl)c(N(C)S(=O)(=O)c2ccc(OC)c(Cl)c2Cl)c1. The minimum Gasteiger partial charge on any atom is -0.495 e.